The van der Waals surface area contributed by atoms with E-state index in [9.17, 15) is 4.79 Å². The Morgan fingerprint density at radius 2 is 2.40 bits per heavy atom. The molecule has 1 unspecified atom stereocenters. The Morgan fingerprint density at radius 1 is 1.55 bits per heavy atom. The van der Waals surface area contributed by atoms with Gasteiger partial charge in [0.05, 0.1) is 29.9 Å². The lowest BCUT2D eigenvalue weighted by Crippen LogP contribution is -2.38. The number of anilines is 1. The molecule has 20 heavy (non-hydrogen) atoms. The summed E-state index contributed by atoms with van der Waals surface area (Å²) < 4.78 is 5.20. The smallest absolute Gasteiger partial charge is 0.319 e. The molecule has 5 nitrogen and oxygen atoms in total. The SMILES string of the molecule is NCC#Cc1ccc(Cl)c(NC(=O)NC2CCOC2)c1. The van der Waals surface area contributed by atoms with E-state index in [2.05, 4.69) is 22.5 Å². The fraction of sp³-hybridized carbons (Fsp3) is 0.357. The molecule has 0 aliphatic carbocycles. The van der Waals surface area contributed by atoms with Crippen molar-refractivity contribution in [1.29, 1.82) is 0 Å². The van der Waals surface area contributed by atoms with Crippen LogP contribution in [0.25, 0.3) is 0 Å². The molecular weight excluding hydrogens is 278 g/mol. The Labute approximate surface area is 122 Å². The van der Waals surface area contributed by atoms with Gasteiger partial charge < -0.3 is 21.1 Å². The van der Waals surface area contributed by atoms with Gasteiger partial charge in [-0.25, -0.2) is 4.79 Å². The van der Waals surface area contributed by atoms with Gasteiger partial charge in [0, 0.05) is 12.2 Å². The second kappa shape index (κ2) is 7.15. The lowest BCUT2D eigenvalue weighted by atomic mass is 10.2. The highest BCUT2D eigenvalue weighted by atomic mass is 35.5. The Bertz CT molecular complexity index is 545. The number of nitrogens with two attached hydrogens (primary N) is 1. The van der Waals surface area contributed by atoms with E-state index in [0.717, 1.165) is 12.0 Å². The van der Waals surface area contributed by atoms with E-state index >= 15 is 0 Å². The highest BCUT2D eigenvalue weighted by Crippen LogP contribution is 2.22. The van der Waals surface area contributed by atoms with Crippen molar-refractivity contribution in [2.45, 2.75) is 12.5 Å². The Kier molecular flexibility index (Phi) is 5.24. The summed E-state index contributed by atoms with van der Waals surface area (Å²) in [6.45, 7) is 1.51. The van der Waals surface area contributed by atoms with Crippen LogP contribution >= 0.6 is 11.6 Å². The molecule has 1 heterocycles. The second-order valence-corrected chi connectivity index (χ2v) is 4.77. The Balaban J connectivity index is 2.01. The minimum atomic E-state index is -0.300. The predicted molar refractivity (Wildman–Crippen MR) is 78.8 cm³/mol. The van der Waals surface area contributed by atoms with Crippen molar-refractivity contribution >= 4 is 23.3 Å². The first-order chi connectivity index (χ1) is 9.69. The zero-order valence-electron chi connectivity index (χ0n) is 10.9. The number of hydrogen-bond donors (Lipinski definition) is 3. The summed E-state index contributed by atoms with van der Waals surface area (Å²) in [5.41, 5.74) is 6.59. The summed E-state index contributed by atoms with van der Waals surface area (Å²) in [6.07, 6.45) is 0.823. The topological polar surface area (TPSA) is 76.4 Å². The van der Waals surface area contributed by atoms with E-state index < -0.39 is 0 Å². The highest BCUT2D eigenvalue weighted by Gasteiger charge is 2.18. The number of hydrogen-bond acceptors (Lipinski definition) is 3. The molecule has 106 valence electrons. The third kappa shape index (κ3) is 4.14. The summed E-state index contributed by atoms with van der Waals surface area (Å²) in [4.78, 5) is 11.9. The van der Waals surface area contributed by atoms with Gasteiger partial charge in [0.2, 0.25) is 0 Å². The van der Waals surface area contributed by atoms with Crippen molar-refractivity contribution in [1.82, 2.24) is 5.32 Å². The molecule has 1 saturated heterocycles. The molecule has 0 radical (unpaired) electrons. The molecule has 2 amide bonds. The van der Waals surface area contributed by atoms with Crippen molar-refractivity contribution in [2.75, 3.05) is 25.1 Å². The summed E-state index contributed by atoms with van der Waals surface area (Å²) in [5, 5.41) is 6.00. The molecular formula is C14H16ClN3O2. The molecule has 1 fully saturated rings. The van der Waals surface area contributed by atoms with Gasteiger partial charge in [0.25, 0.3) is 0 Å². The first-order valence-corrected chi connectivity index (χ1v) is 6.70. The van der Waals surface area contributed by atoms with Gasteiger partial charge >= 0.3 is 6.03 Å². The fourth-order valence-electron chi connectivity index (χ4n) is 1.84. The van der Waals surface area contributed by atoms with Gasteiger partial charge in [-0.3, -0.25) is 0 Å². The van der Waals surface area contributed by atoms with Crippen molar-refractivity contribution in [2.24, 2.45) is 5.73 Å². The van der Waals surface area contributed by atoms with Gasteiger partial charge in [-0.2, -0.15) is 0 Å². The van der Waals surface area contributed by atoms with Crippen LogP contribution in [0.5, 0.6) is 0 Å². The number of rotatable bonds is 2. The first kappa shape index (κ1) is 14.7. The maximum absolute atomic E-state index is 11.9. The standard InChI is InChI=1S/C14H16ClN3O2/c15-12-4-3-10(2-1-6-16)8-13(12)18-14(19)17-11-5-7-20-9-11/h3-4,8,11H,5-7,9,16H2,(H2,17,18,19). The van der Waals surface area contributed by atoms with Crippen molar-refractivity contribution in [3.63, 3.8) is 0 Å². The summed E-state index contributed by atoms with van der Waals surface area (Å²) >= 11 is 6.05. The van der Waals surface area contributed by atoms with E-state index in [-0.39, 0.29) is 18.6 Å². The molecule has 0 saturated carbocycles. The van der Waals surface area contributed by atoms with E-state index in [0.29, 0.717) is 23.9 Å². The zero-order valence-corrected chi connectivity index (χ0v) is 11.7. The van der Waals surface area contributed by atoms with Crippen LogP contribution in [0.15, 0.2) is 18.2 Å². The van der Waals surface area contributed by atoms with E-state index in [1.54, 1.807) is 18.2 Å². The average Bonchev–Trinajstić information content (AvgIpc) is 2.92. The average molecular weight is 294 g/mol. The maximum atomic E-state index is 11.9. The fourth-order valence-corrected chi connectivity index (χ4v) is 2.01. The summed E-state index contributed by atoms with van der Waals surface area (Å²) in [5.74, 6) is 5.65. The number of urea groups is 1. The number of nitrogens with one attached hydrogen (secondary N) is 2. The van der Waals surface area contributed by atoms with Gasteiger partial charge in [-0.15, -0.1) is 0 Å². The summed E-state index contributed by atoms with van der Waals surface area (Å²) in [7, 11) is 0. The van der Waals surface area contributed by atoms with Gasteiger partial charge in [-0.05, 0) is 24.6 Å². The molecule has 1 aromatic carbocycles. The van der Waals surface area contributed by atoms with Crippen LogP contribution in [0.1, 0.15) is 12.0 Å². The Morgan fingerprint density at radius 3 is 3.10 bits per heavy atom. The molecule has 0 spiro atoms. The molecule has 6 heteroatoms. The third-order valence-electron chi connectivity index (χ3n) is 2.81. The number of ether oxygens (including phenoxy) is 1. The van der Waals surface area contributed by atoms with Crippen molar-refractivity contribution in [3.05, 3.63) is 28.8 Å². The molecule has 2 rings (SSSR count). The molecule has 0 aromatic heterocycles. The number of carbonyl (C=O) groups is 1. The maximum Gasteiger partial charge on any atom is 0.319 e. The Hall–Kier alpha value is -1.74. The van der Waals surface area contributed by atoms with Crippen LogP contribution < -0.4 is 16.4 Å². The van der Waals surface area contributed by atoms with Gasteiger partial charge in [-0.1, -0.05) is 23.4 Å². The molecule has 1 atom stereocenters. The monoisotopic (exact) mass is 293 g/mol. The lowest BCUT2D eigenvalue weighted by Gasteiger charge is -2.13. The normalized spacial score (nSPS) is 17.2. The number of amides is 2. The van der Waals surface area contributed by atoms with Crippen LogP contribution in [-0.4, -0.2) is 31.8 Å². The molecule has 1 aromatic rings. The van der Waals surface area contributed by atoms with Crippen LogP contribution in [-0.2, 0) is 4.74 Å². The molecule has 1 aliphatic rings. The number of halogens is 1. The molecule has 4 N–H and O–H groups in total. The quantitative estimate of drug-likeness (QED) is 0.724. The van der Waals surface area contributed by atoms with Crippen LogP contribution in [0.2, 0.25) is 5.02 Å². The van der Waals surface area contributed by atoms with Crippen LogP contribution in [0, 0.1) is 11.8 Å². The third-order valence-corrected chi connectivity index (χ3v) is 3.14. The number of carbonyl (C=O) groups excluding carboxylic acids is 1. The highest BCUT2D eigenvalue weighted by molar-refractivity contribution is 6.33. The minimum absolute atomic E-state index is 0.0500. The van der Waals surface area contributed by atoms with Crippen LogP contribution in [0.3, 0.4) is 0 Å². The zero-order chi connectivity index (χ0) is 14.4. The second-order valence-electron chi connectivity index (χ2n) is 4.36. The van der Waals surface area contributed by atoms with Gasteiger partial charge in [0.1, 0.15) is 0 Å². The van der Waals surface area contributed by atoms with E-state index in [1.807, 2.05) is 0 Å². The minimum Gasteiger partial charge on any atom is -0.379 e. The first-order valence-electron chi connectivity index (χ1n) is 6.33. The molecule has 0 bridgehead atoms. The largest absolute Gasteiger partial charge is 0.379 e. The predicted octanol–water partition coefficient (Wildman–Crippen LogP) is 1.56. The van der Waals surface area contributed by atoms with Crippen LogP contribution in [0.4, 0.5) is 10.5 Å². The van der Waals surface area contributed by atoms with Crippen molar-refractivity contribution < 1.29 is 9.53 Å². The van der Waals surface area contributed by atoms with Gasteiger partial charge in [0.15, 0.2) is 0 Å². The van der Waals surface area contributed by atoms with E-state index in [1.165, 1.54) is 0 Å². The van der Waals surface area contributed by atoms with E-state index in [4.69, 9.17) is 22.1 Å². The summed E-state index contributed by atoms with van der Waals surface area (Å²) in [6, 6.07) is 4.94. The number of benzene rings is 1. The molecule has 1 aliphatic heterocycles. The van der Waals surface area contributed by atoms with Crippen molar-refractivity contribution in [3.8, 4) is 11.8 Å². The lowest BCUT2D eigenvalue weighted by molar-refractivity contribution is 0.189.